The van der Waals surface area contributed by atoms with Gasteiger partial charge in [-0.15, -0.1) is 11.8 Å². The average molecular weight is 491 g/mol. The molecule has 7 nitrogen and oxygen atoms in total. The molecule has 2 amide bonds. The highest BCUT2D eigenvalue weighted by molar-refractivity contribution is 8.02. The number of cyclic esters (lactones) is 1. The predicted octanol–water partition coefficient (Wildman–Crippen LogP) is 2.78. The summed E-state index contributed by atoms with van der Waals surface area (Å²) in [5, 5.41) is 10.1. The van der Waals surface area contributed by atoms with Crippen LogP contribution in [-0.4, -0.2) is 80.1 Å². The maximum Gasteiger partial charge on any atom is 0.311 e. The van der Waals surface area contributed by atoms with Gasteiger partial charge < -0.3 is 19.6 Å². The number of aliphatic hydroxyl groups is 1. The van der Waals surface area contributed by atoms with Crippen LogP contribution in [0.5, 0.6) is 0 Å². The number of hydrogen-bond acceptors (Lipinski definition) is 6. The van der Waals surface area contributed by atoms with Crippen LogP contribution in [-0.2, 0) is 19.1 Å². The second-order valence-corrected chi connectivity index (χ2v) is 12.7. The van der Waals surface area contributed by atoms with Crippen molar-refractivity contribution in [2.45, 2.75) is 81.5 Å². The predicted molar refractivity (Wildman–Crippen MR) is 132 cm³/mol. The summed E-state index contributed by atoms with van der Waals surface area (Å²) in [6.07, 6.45) is 10.8. The normalized spacial score (nSPS) is 36.0. The summed E-state index contributed by atoms with van der Waals surface area (Å²) in [7, 11) is 0. The molecule has 6 atom stereocenters. The minimum atomic E-state index is -0.886. The van der Waals surface area contributed by atoms with E-state index in [1.807, 2.05) is 57.7 Å². The third-order valence-electron chi connectivity index (χ3n) is 7.66. The fraction of sp³-hybridized carbons (Fsp3) is 0.731. The molecule has 8 heteroatoms. The monoisotopic (exact) mass is 490 g/mol. The van der Waals surface area contributed by atoms with Gasteiger partial charge >= 0.3 is 5.97 Å². The number of esters is 1. The summed E-state index contributed by atoms with van der Waals surface area (Å²) in [6.45, 7) is 10.4. The van der Waals surface area contributed by atoms with E-state index < -0.39 is 34.2 Å². The van der Waals surface area contributed by atoms with Crippen LogP contribution in [0.3, 0.4) is 0 Å². The SMILES string of the molecule is CC(C)[C@H](CO)N1C(=O)[C@@H]2[C@@H]3C(=O)OCCCC/C=C\[C@@H]3S[C@@]23C=CCN(C(C)(C)C)C(=O)C13. The smallest absolute Gasteiger partial charge is 0.311 e. The fourth-order valence-electron chi connectivity index (χ4n) is 5.94. The molecule has 0 aromatic rings. The number of nitrogens with zero attached hydrogens (tertiary/aromatic N) is 2. The van der Waals surface area contributed by atoms with Crippen molar-refractivity contribution in [3.8, 4) is 0 Å². The van der Waals surface area contributed by atoms with Gasteiger partial charge in [0.25, 0.3) is 0 Å². The van der Waals surface area contributed by atoms with Crippen molar-refractivity contribution in [3.63, 3.8) is 0 Å². The Bertz CT molecular complexity index is 894. The first kappa shape index (κ1) is 25.3. The fourth-order valence-corrected chi connectivity index (χ4v) is 7.93. The van der Waals surface area contributed by atoms with Gasteiger partial charge in [-0.25, -0.2) is 0 Å². The number of amides is 2. The molecule has 1 spiro atoms. The molecule has 188 valence electrons. The molecule has 1 N–H and O–H groups in total. The maximum absolute atomic E-state index is 14.2. The topological polar surface area (TPSA) is 87.2 Å². The van der Waals surface area contributed by atoms with E-state index in [1.165, 1.54) is 0 Å². The van der Waals surface area contributed by atoms with Crippen LogP contribution in [0, 0.1) is 17.8 Å². The number of carbonyl (C=O) groups is 3. The zero-order valence-electron chi connectivity index (χ0n) is 20.9. The Morgan fingerprint density at radius 2 is 1.91 bits per heavy atom. The lowest BCUT2D eigenvalue weighted by molar-refractivity contribution is -0.154. The summed E-state index contributed by atoms with van der Waals surface area (Å²) in [4.78, 5) is 45.2. The Hall–Kier alpha value is -1.80. The number of hydrogen-bond donors (Lipinski definition) is 1. The van der Waals surface area contributed by atoms with Crippen LogP contribution in [0.4, 0.5) is 0 Å². The van der Waals surface area contributed by atoms with Crippen molar-refractivity contribution in [1.82, 2.24) is 9.80 Å². The molecule has 0 bridgehead atoms. The van der Waals surface area contributed by atoms with Gasteiger partial charge in [0.15, 0.2) is 0 Å². The Labute approximate surface area is 206 Å². The average Bonchev–Trinajstić information content (AvgIpc) is 3.13. The lowest BCUT2D eigenvalue weighted by Crippen LogP contribution is -2.60. The van der Waals surface area contributed by atoms with E-state index in [4.69, 9.17) is 4.74 Å². The minimum Gasteiger partial charge on any atom is -0.465 e. The highest BCUT2D eigenvalue weighted by Gasteiger charge is 2.72. The Balaban J connectivity index is 1.88. The molecule has 0 saturated carbocycles. The molecule has 0 radical (unpaired) electrons. The number of carbonyl (C=O) groups excluding carboxylic acids is 3. The number of fused-ring (bicyclic) bond motifs is 2. The lowest BCUT2D eigenvalue weighted by Gasteiger charge is -2.43. The molecule has 4 aliphatic rings. The Kier molecular flexibility index (Phi) is 6.95. The zero-order chi connectivity index (χ0) is 24.8. The maximum atomic E-state index is 14.2. The van der Waals surface area contributed by atoms with Crippen molar-refractivity contribution >= 4 is 29.5 Å². The van der Waals surface area contributed by atoms with E-state index in [0.717, 1.165) is 19.3 Å². The number of rotatable bonds is 3. The van der Waals surface area contributed by atoms with Crippen LogP contribution in [0.15, 0.2) is 24.3 Å². The first-order valence-corrected chi connectivity index (χ1v) is 13.4. The van der Waals surface area contributed by atoms with Crippen molar-refractivity contribution in [3.05, 3.63) is 24.3 Å². The van der Waals surface area contributed by atoms with Crippen molar-refractivity contribution in [1.29, 1.82) is 0 Å². The van der Waals surface area contributed by atoms with E-state index in [1.54, 1.807) is 16.7 Å². The molecule has 2 fully saturated rings. The molecule has 34 heavy (non-hydrogen) atoms. The number of allylic oxidation sites excluding steroid dienone is 1. The highest BCUT2D eigenvalue weighted by Crippen LogP contribution is 2.61. The molecule has 0 aromatic carbocycles. The Morgan fingerprint density at radius 1 is 1.18 bits per heavy atom. The van der Waals surface area contributed by atoms with Crippen LogP contribution in [0.2, 0.25) is 0 Å². The number of thioether (sulfide) groups is 1. The third-order valence-corrected chi connectivity index (χ3v) is 9.41. The molecular weight excluding hydrogens is 452 g/mol. The summed E-state index contributed by atoms with van der Waals surface area (Å²) < 4.78 is 4.76. The van der Waals surface area contributed by atoms with E-state index in [0.29, 0.717) is 13.2 Å². The first-order valence-electron chi connectivity index (χ1n) is 12.5. The minimum absolute atomic E-state index is 0.0513. The standard InChI is InChI=1S/C26H38N2O5S/c1-16(2)17(15-29)28-21-23(31)27(25(3,4)5)13-10-12-26(21)20(22(28)30)19-18(34-26)11-8-6-7-9-14-33-24(19)32/h8,10-12,16-21,29H,6-7,9,13-15H2,1-5H3/b11-8-/t17-,18-,19+,20-,21?,26-/m0/s1. The Morgan fingerprint density at radius 3 is 2.56 bits per heavy atom. The summed E-state index contributed by atoms with van der Waals surface area (Å²) >= 11 is 1.55. The van der Waals surface area contributed by atoms with Crippen LogP contribution in [0.1, 0.15) is 53.9 Å². The van der Waals surface area contributed by atoms with Gasteiger partial charge in [-0.1, -0.05) is 38.2 Å². The second kappa shape index (κ2) is 9.34. The van der Waals surface area contributed by atoms with E-state index in [-0.39, 0.29) is 35.6 Å². The molecule has 1 unspecified atom stereocenters. The third kappa shape index (κ3) is 4.00. The molecular formula is C26H38N2O5S. The number of likely N-dealkylation sites (tertiary alicyclic amines) is 1. The summed E-state index contributed by atoms with van der Waals surface area (Å²) in [5.41, 5.74) is -0.439. The van der Waals surface area contributed by atoms with Gasteiger partial charge in [0.2, 0.25) is 11.8 Å². The lowest BCUT2D eigenvalue weighted by atomic mass is 9.78. The van der Waals surface area contributed by atoms with Crippen LogP contribution >= 0.6 is 11.8 Å². The molecule has 4 heterocycles. The summed E-state index contributed by atoms with van der Waals surface area (Å²) in [6, 6.07) is -1.30. The molecule has 4 rings (SSSR count). The van der Waals surface area contributed by atoms with E-state index in [9.17, 15) is 19.5 Å². The highest BCUT2D eigenvalue weighted by atomic mass is 32.2. The van der Waals surface area contributed by atoms with Crippen molar-refractivity contribution in [2.75, 3.05) is 19.8 Å². The molecule has 0 aromatic heterocycles. The second-order valence-electron chi connectivity index (χ2n) is 11.2. The quantitative estimate of drug-likeness (QED) is 0.484. The van der Waals surface area contributed by atoms with Gasteiger partial charge in [-0.05, 0) is 46.0 Å². The molecule has 4 aliphatic heterocycles. The summed E-state index contributed by atoms with van der Waals surface area (Å²) in [5.74, 6) is -2.14. The van der Waals surface area contributed by atoms with Crippen LogP contribution < -0.4 is 0 Å². The van der Waals surface area contributed by atoms with E-state index >= 15 is 0 Å². The van der Waals surface area contributed by atoms with Crippen molar-refractivity contribution < 1.29 is 24.2 Å². The van der Waals surface area contributed by atoms with E-state index in [2.05, 4.69) is 6.08 Å². The van der Waals surface area contributed by atoms with Gasteiger partial charge in [0.1, 0.15) is 6.04 Å². The largest absolute Gasteiger partial charge is 0.465 e. The van der Waals surface area contributed by atoms with Crippen molar-refractivity contribution in [2.24, 2.45) is 17.8 Å². The van der Waals surface area contributed by atoms with Gasteiger partial charge in [0.05, 0.1) is 35.8 Å². The van der Waals surface area contributed by atoms with Gasteiger partial charge in [-0.2, -0.15) is 0 Å². The number of aliphatic hydroxyl groups excluding tert-OH is 1. The zero-order valence-corrected chi connectivity index (χ0v) is 21.7. The van der Waals surface area contributed by atoms with Crippen LogP contribution in [0.25, 0.3) is 0 Å². The first-order chi connectivity index (χ1) is 16.0. The van der Waals surface area contributed by atoms with Gasteiger partial charge in [-0.3, -0.25) is 14.4 Å². The molecule has 2 saturated heterocycles. The number of ether oxygens (including phenoxy) is 1. The molecule has 0 aliphatic carbocycles. The van der Waals surface area contributed by atoms with Gasteiger partial charge in [0, 0.05) is 17.3 Å².